The Labute approximate surface area is 391 Å². The van der Waals surface area contributed by atoms with Gasteiger partial charge in [-0.15, -0.1) is 0 Å². The maximum atomic E-state index is 5.29. The number of rotatable bonds is 6. The minimum atomic E-state index is 0.621. The standard InChI is InChI=1S/C63H39N5/c1-3-18-40(19-4-1)42-25-17-26-46(36-42)62-64-61(41-20-5-2-6-21-41)65-63(66-62)51-34-35-56(49-29-12-11-28-48(49)51)67-55-33-16-14-31-52(55)59-58(67)39-45-24-9-10-27-47(45)60(59)68-54-32-15-13-30-50(54)53-37-43-22-7-8-23-44(43)38-57(53)68/h1-39H. The van der Waals surface area contributed by atoms with Crippen LogP contribution in [0.4, 0.5) is 0 Å². The third-order valence-electron chi connectivity index (χ3n) is 13.7. The molecule has 0 unspecified atom stereocenters. The first-order chi connectivity index (χ1) is 33.7. The van der Waals surface area contributed by atoms with Crippen LogP contribution in [0.5, 0.6) is 0 Å². The summed E-state index contributed by atoms with van der Waals surface area (Å²) >= 11 is 0. The summed E-state index contributed by atoms with van der Waals surface area (Å²) in [6, 6.07) is 84.7. The lowest BCUT2D eigenvalue weighted by molar-refractivity contribution is 1.08. The molecule has 0 saturated carbocycles. The van der Waals surface area contributed by atoms with Crippen LogP contribution in [0.2, 0.25) is 0 Å². The zero-order valence-corrected chi connectivity index (χ0v) is 36.8. The van der Waals surface area contributed by atoms with Gasteiger partial charge < -0.3 is 9.13 Å². The second-order valence-electron chi connectivity index (χ2n) is 17.6. The highest BCUT2D eigenvalue weighted by molar-refractivity contribution is 6.23. The van der Waals surface area contributed by atoms with Gasteiger partial charge in [0.15, 0.2) is 17.5 Å². The third-order valence-corrected chi connectivity index (χ3v) is 13.7. The lowest BCUT2D eigenvalue weighted by Gasteiger charge is -2.17. The van der Waals surface area contributed by atoms with Crippen molar-refractivity contribution in [3.63, 3.8) is 0 Å². The van der Waals surface area contributed by atoms with Crippen LogP contribution >= 0.6 is 0 Å². The second kappa shape index (κ2) is 15.2. The fourth-order valence-corrected chi connectivity index (χ4v) is 10.6. The molecule has 0 amide bonds. The quantitative estimate of drug-likeness (QED) is 0.167. The number of fused-ring (bicyclic) bond motifs is 9. The minimum Gasteiger partial charge on any atom is -0.309 e. The summed E-state index contributed by atoms with van der Waals surface area (Å²) in [5.41, 5.74) is 11.9. The van der Waals surface area contributed by atoms with Gasteiger partial charge >= 0.3 is 0 Å². The van der Waals surface area contributed by atoms with Gasteiger partial charge in [0, 0.05) is 49.0 Å². The van der Waals surface area contributed by atoms with Crippen LogP contribution in [-0.4, -0.2) is 24.1 Å². The van der Waals surface area contributed by atoms with Crippen LogP contribution in [0.25, 0.3) is 133 Å². The number of para-hydroxylation sites is 2. The molecule has 0 N–H and O–H groups in total. The third kappa shape index (κ3) is 5.93. The van der Waals surface area contributed by atoms with E-state index in [1.165, 1.54) is 59.8 Å². The molecule has 5 nitrogen and oxygen atoms in total. The van der Waals surface area contributed by atoms with Crippen molar-refractivity contribution in [2.75, 3.05) is 0 Å². The molecular formula is C63H39N5. The van der Waals surface area contributed by atoms with Gasteiger partial charge in [0.25, 0.3) is 0 Å². The lowest BCUT2D eigenvalue weighted by atomic mass is 10.0. The Morgan fingerprint density at radius 2 is 0.794 bits per heavy atom. The first-order valence-corrected chi connectivity index (χ1v) is 23.1. The zero-order chi connectivity index (χ0) is 44.7. The molecule has 0 aliphatic heterocycles. The van der Waals surface area contributed by atoms with E-state index in [-0.39, 0.29) is 0 Å². The average molecular weight is 866 g/mol. The molecule has 0 saturated heterocycles. The van der Waals surface area contributed by atoms with Crippen molar-refractivity contribution in [2.45, 2.75) is 0 Å². The van der Waals surface area contributed by atoms with Crippen molar-refractivity contribution >= 4 is 75.9 Å². The molecule has 11 aromatic carbocycles. The summed E-state index contributed by atoms with van der Waals surface area (Å²) in [7, 11) is 0. The smallest absolute Gasteiger partial charge is 0.164 e. The van der Waals surface area contributed by atoms with E-state index in [0.29, 0.717) is 17.5 Å². The van der Waals surface area contributed by atoms with E-state index >= 15 is 0 Å². The van der Waals surface area contributed by atoms with Crippen LogP contribution in [0, 0.1) is 0 Å². The number of hydrogen-bond donors (Lipinski definition) is 0. The second-order valence-corrected chi connectivity index (χ2v) is 17.6. The maximum absolute atomic E-state index is 5.29. The predicted octanol–water partition coefficient (Wildman–Crippen LogP) is 16.2. The van der Waals surface area contributed by atoms with Crippen LogP contribution in [-0.2, 0) is 0 Å². The molecular weight excluding hydrogens is 827 g/mol. The Morgan fingerprint density at radius 3 is 1.56 bits per heavy atom. The normalized spacial score (nSPS) is 11.8. The highest BCUT2D eigenvalue weighted by Crippen LogP contribution is 2.45. The molecule has 14 aromatic rings. The first-order valence-electron chi connectivity index (χ1n) is 23.1. The van der Waals surface area contributed by atoms with Crippen LogP contribution in [0.3, 0.4) is 0 Å². The maximum Gasteiger partial charge on any atom is 0.164 e. The summed E-state index contributed by atoms with van der Waals surface area (Å²) < 4.78 is 5.00. The van der Waals surface area contributed by atoms with Gasteiger partial charge in [-0.1, -0.05) is 188 Å². The number of benzene rings is 11. The van der Waals surface area contributed by atoms with Gasteiger partial charge in [-0.25, -0.2) is 15.0 Å². The van der Waals surface area contributed by atoms with Gasteiger partial charge in [0.1, 0.15) is 0 Å². The van der Waals surface area contributed by atoms with Crippen molar-refractivity contribution in [1.82, 2.24) is 24.1 Å². The van der Waals surface area contributed by atoms with Gasteiger partial charge in [-0.3, -0.25) is 0 Å². The molecule has 0 fully saturated rings. The highest BCUT2D eigenvalue weighted by Gasteiger charge is 2.24. The van der Waals surface area contributed by atoms with E-state index in [1.54, 1.807) is 0 Å². The van der Waals surface area contributed by atoms with Gasteiger partial charge in [0.05, 0.1) is 33.4 Å². The van der Waals surface area contributed by atoms with Crippen LogP contribution in [0.15, 0.2) is 237 Å². The van der Waals surface area contributed by atoms with Gasteiger partial charge in [0.2, 0.25) is 0 Å². The van der Waals surface area contributed by atoms with E-state index in [1.807, 2.05) is 24.3 Å². The van der Waals surface area contributed by atoms with E-state index < -0.39 is 0 Å². The molecule has 0 aliphatic rings. The summed E-state index contributed by atoms with van der Waals surface area (Å²) in [4.78, 5) is 15.6. The van der Waals surface area contributed by atoms with Crippen molar-refractivity contribution in [1.29, 1.82) is 0 Å². The number of hydrogen-bond acceptors (Lipinski definition) is 3. The molecule has 0 bridgehead atoms. The molecule has 3 heterocycles. The molecule has 5 heteroatoms. The number of nitrogens with zero attached hydrogens (tertiary/aromatic N) is 5. The summed E-state index contributed by atoms with van der Waals surface area (Å²) in [5, 5.41) is 11.9. The van der Waals surface area contributed by atoms with Crippen LogP contribution in [0.1, 0.15) is 0 Å². The van der Waals surface area contributed by atoms with Crippen molar-refractivity contribution in [3.05, 3.63) is 237 Å². The molecule has 316 valence electrons. The first kappa shape index (κ1) is 38.1. The Bertz CT molecular complexity index is 4320. The van der Waals surface area contributed by atoms with E-state index in [4.69, 9.17) is 15.0 Å². The van der Waals surface area contributed by atoms with Gasteiger partial charge in [-0.2, -0.15) is 0 Å². The molecule has 14 rings (SSSR count). The van der Waals surface area contributed by atoms with E-state index in [2.05, 4.69) is 221 Å². The molecule has 3 aromatic heterocycles. The summed E-state index contributed by atoms with van der Waals surface area (Å²) in [6.45, 7) is 0. The van der Waals surface area contributed by atoms with Crippen molar-refractivity contribution in [2.24, 2.45) is 0 Å². The van der Waals surface area contributed by atoms with E-state index in [0.717, 1.165) is 55.3 Å². The fourth-order valence-electron chi connectivity index (χ4n) is 10.6. The van der Waals surface area contributed by atoms with Crippen molar-refractivity contribution in [3.8, 4) is 56.7 Å². The molecule has 0 aliphatic carbocycles. The SMILES string of the molecule is c1ccc(-c2cccc(-c3nc(-c4ccccc4)nc(-c4ccc(-n5c6ccccc6c6c(-n7c8ccccc8c8cc9ccccc9cc87)c7ccccc7cc65)c5ccccc45)n3)c2)cc1. The largest absolute Gasteiger partial charge is 0.309 e. The molecule has 0 atom stereocenters. The monoisotopic (exact) mass is 865 g/mol. The van der Waals surface area contributed by atoms with Gasteiger partial charge in [-0.05, 0) is 81.2 Å². The average Bonchev–Trinajstić information content (AvgIpc) is 3.91. The summed E-state index contributed by atoms with van der Waals surface area (Å²) in [6.07, 6.45) is 0. The summed E-state index contributed by atoms with van der Waals surface area (Å²) in [5.74, 6) is 1.87. The molecule has 0 radical (unpaired) electrons. The van der Waals surface area contributed by atoms with E-state index in [9.17, 15) is 0 Å². The predicted molar refractivity (Wildman–Crippen MR) is 283 cm³/mol. The Hall–Kier alpha value is -9.19. The van der Waals surface area contributed by atoms with Crippen LogP contribution < -0.4 is 0 Å². The minimum absolute atomic E-state index is 0.621. The Kier molecular flexibility index (Phi) is 8.52. The topological polar surface area (TPSA) is 48.5 Å². The van der Waals surface area contributed by atoms with Crippen molar-refractivity contribution < 1.29 is 0 Å². The highest BCUT2D eigenvalue weighted by atomic mass is 15.0. The zero-order valence-electron chi connectivity index (χ0n) is 36.8. The molecule has 68 heavy (non-hydrogen) atoms. The number of aromatic nitrogens is 5. The Balaban J connectivity index is 1.03. The Morgan fingerprint density at radius 1 is 0.265 bits per heavy atom. The lowest BCUT2D eigenvalue weighted by Crippen LogP contribution is -2.02. The molecule has 0 spiro atoms. The fraction of sp³-hybridized carbons (Fsp3) is 0.